The largest absolute Gasteiger partial charge is 0.497 e. The van der Waals surface area contributed by atoms with Crippen LogP contribution >= 0.6 is 0 Å². The van der Waals surface area contributed by atoms with Crippen molar-refractivity contribution in [3.63, 3.8) is 0 Å². The second kappa shape index (κ2) is 6.06. The number of nitrogens with one attached hydrogen (secondary N) is 1. The number of ether oxygens (including phenoxy) is 1. The Bertz CT molecular complexity index is 496. The highest BCUT2D eigenvalue weighted by atomic mass is 16.5. The fourth-order valence-corrected chi connectivity index (χ4v) is 3.05. The Balaban J connectivity index is 1.79. The van der Waals surface area contributed by atoms with E-state index < -0.39 is 0 Å². The van der Waals surface area contributed by atoms with Gasteiger partial charge in [-0.2, -0.15) is 0 Å². The van der Waals surface area contributed by atoms with Crippen molar-refractivity contribution in [2.24, 2.45) is 0 Å². The van der Waals surface area contributed by atoms with Crippen LogP contribution in [0.3, 0.4) is 0 Å². The Morgan fingerprint density at radius 1 is 1.29 bits per heavy atom. The molecule has 0 spiro atoms. The lowest BCUT2D eigenvalue weighted by atomic mass is 10.1. The van der Waals surface area contributed by atoms with E-state index in [9.17, 15) is 4.79 Å². The second-order valence-electron chi connectivity index (χ2n) is 6.01. The number of methoxy groups -OCH3 is 1. The van der Waals surface area contributed by atoms with Crippen molar-refractivity contribution >= 4 is 5.91 Å². The molecule has 21 heavy (non-hydrogen) atoms. The summed E-state index contributed by atoms with van der Waals surface area (Å²) >= 11 is 0. The van der Waals surface area contributed by atoms with Gasteiger partial charge in [-0.15, -0.1) is 0 Å². The molecule has 0 bridgehead atoms. The molecule has 2 aliphatic rings. The average molecular weight is 288 g/mol. The summed E-state index contributed by atoms with van der Waals surface area (Å²) in [6, 6.07) is 8.46. The van der Waals surface area contributed by atoms with Gasteiger partial charge in [0.15, 0.2) is 0 Å². The van der Waals surface area contributed by atoms with Gasteiger partial charge in [-0.25, -0.2) is 0 Å². The minimum absolute atomic E-state index is 0.0161. The molecule has 1 aromatic rings. The first kappa shape index (κ1) is 14.4. The molecule has 0 aromatic heterocycles. The Hall–Kier alpha value is -1.55. The van der Waals surface area contributed by atoms with E-state index in [1.807, 2.05) is 12.1 Å². The van der Waals surface area contributed by atoms with Crippen LogP contribution < -0.4 is 10.1 Å². The number of unbranched alkanes of at least 4 members (excludes halogenated alkanes) is 1. The summed E-state index contributed by atoms with van der Waals surface area (Å²) in [5.41, 5.74) is 1.15. The van der Waals surface area contributed by atoms with Crippen LogP contribution in [0.2, 0.25) is 0 Å². The Morgan fingerprint density at radius 2 is 2.00 bits per heavy atom. The Kier molecular flexibility index (Phi) is 4.15. The van der Waals surface area contributed by atoms with E-state index in [-0.39, 0.29) is 18.1 Å². The SMILES string of the molecule is CCCCC1NC(c2ccc(OC)cc2)N(C2CC2)C1=O. The number of benzene rings is 1. The van der Waals surface area contributed by atoms with Gasteiger partial charge >= 0.3 is 0 Å². The zero-order valence-electron chi connectivity index (χ0n) is 12.8. The van der Waals surface area contributed by atoms with Crippen LogP contribution in [-0.2, 0) is 4.79 Å². The van der Waals surface area contributed by atoms with E-state index in [1.54, 1.807) is 7.11 Å². The number of hydrogen-bond acceptors (Lipinski definition) is 3. The third kappa shape index (κ3) is 2.91. The fraction of sp³-hybridized carbons (Fsp3) is 0.588. The van der Waals surface area contributed by atoms with E-state index in [4.69, 9.17) is 4.74 Å². The number of carbonyl (C=O) groups is 1. The zero-order chi connectivity index (χ0) is 14.8. The molecule has 1 amide bonds. The summed E-state index contributed by atoms with van der Waals surface area (Å²) in [6.45, 7) is 2.17. The third-order valence-electron chi connectivity index (χ3n) is 4.41. The second-order valence-corrected chi connectivity index (χ2v) is 6.01. The van der Waals surface area contributed by atoms with E-state index in [2.05, 4.69) is 29.3 Å². The zero-order valence-corrected chi connectivity index (χ0v) is 12.8. The molecule has 2 atom stereocenters. The van der Waals surface area contributed by atoms with Gasteiger partial charge in [-0.1, -0.05) is 31.9 Å². The van der Waals surface area contributed by atoms with Gasteiger partial charge in [0.1, 0.15) is 11.9 Å². The van der Waals surface area contributed by atoms with E-state index in [1.165, 1.54) is 0 Å². The molecule has 4 heteroatoms. The maximum absolute atomic E-state index is 12.6. The highest BCUT2D eigenvalue weighted by molar-refractivity contribution is 5.85. The van der Waals surface area contributed by atoms with Gasteiger partial charge in [0.2, 0.25) is 5.91 Å². The van der Waals surface area contributed by atoms with E-state index in [0.29, 0.717) is 6.04 Å². The predicted molar refractivity (Wildman–Crippen MR) is 82.1 cm³/mol. The highest BCUT2D eigenvalue weighted by Crippen LogP contribution is 2.38. The van der Waals surface area contributed by atoms with Crippen molar-refractivity contribution in [2.45, 2.75) is 57.3 Å². The summed E-state index contributed by atoms with van der Waals surface area (Å²) in [4.78, 5) is 14.7. The molecule has 1 aliphatic carbocycles. The minimum atomic E-state index is -0.0161. The highest BCUT2D eigenvalue weighted by Gasteiger charge is 2.46. The Morgan fingerprint density at radius 3 is 2.57 bits per heavy atom. The van der Waals surface area contributed by atoms with Gasteiger partial charge in [-0.3, -0.25) is 10.1 Å². The maximum Gasteiger partial charge on any atom is 0.241 e. The monoisotopic (exact) mass is 288 g/mol. The van der Waals surface area contributed by atoms with Gasteiger partial charge in [0, 0.05) is 6.04 Å². The van der Waals surface area contributed by atoms with Crippen LogP contribution in [0, 0.1) is 0 Å². The summed E-state index contributed by atoms with van der Waals surface area (Å²) in [6.07, 6.45) is 5.46. The topological polar surface area (TPSA) is 41.6 Å². The lowest BCUT2D eigenvalue weighted by molar-refractivity contribution is -0.130. The molecule has 114 valence electrons. The standard InChI is InChI=1S/C17H24N2O2/c1-3-4-5-15-17(20)19(13-8-9-13)16(18-15)12-6-10-14(21-2)11-7-12/h6-7,10-11,13,15-16,18H,3-5,8-9H2,1-2H3. The summed E-state index contributed by atoms with van der Waals surface area (Å²) in [5.74, 6) is 1.13. The van der Waals surface area contributed by atoms with Crippen molar-refractivity contribution in [2.75, 3.05) is 7.11 Å². The van der Waals surface area contributed by atoms with Crippen molar-refractivity contribution in [1.29, 1.82) is 0 Å². The summed E-state index contributed by atoms with van der Waals surface area (Å²) in [7, 11) is 1.67. The fourth-order valence-electron chi connectivity index (χ4n) is 3.05. The quantitative estimate of drug-likeness (QED) is 0.875. The number of rotatable bonds is 6. The molecule has 1 aliphatic heterocycles. The van der Waals surface area contributed by atoms with Gasteiger partial charge < -0.3 is 9.64 Å². The van der Waals surface area contributed by atoms with Crippen molar-refractivity contribution in [1.82, 2.24) is 10.2 Å². The van der Waals surface area contributed by atoms with Gasteiger partial charge in [-0.05, 0) is 37.0 Å². The molecular formula is C17H24N2O2. The molecule has 1 heterocycles. The molecule has 1 N–H and O–H groups in total. The van der Waals surface area contributed by atoms with Crippen molar-refractivity contribution in [3.8, 4) is 5.75 Å². The molecule has 1 aromatic carbocycles. The van der Waals surface area contributed by atoms with Gasteiger partial charge in [0.05, 0.1) is 13.2 Å². The molecule has 3 rings (SSSR count). The van der Waals surface area contributed by atoms with Crippen LogP contribution in [0.15, 0.2) is 24.3 Å². The lowest BCUT2D eigenvalue weighted by Crippen LogP contribution is -2.33. The molecule has 2 fully saturated rings. The molecule has 1 saturated carbocycles. The predicted octanol–water partition coefficient (Wildman–Crippen LogP) is 2.85. The van der Waals surface area contributed by atoms with Crippen LogP contribution in [0.4, 0.5) is 0 Å². The van der Waals surface area contributed by atoms with Crippen LogP contribution in [0.1, 0.15) is 50.8 Å². The number of amides is 1. The molecular weight excluding hydrogens is 264 g/mol. The van der Waals surface area contributed by atoms with Crippen LogP contribution in [-0.4, -0.2) is 30.0 Å². The Labute approximate surface area is 126 Å². The molecule has 4 nitrogen and oxygen atoms in total. The summed E-state index contributed by atoms with van der Waals surface area (Å²) < 4.78 is 5.21. The first-order chi connectivity index (χ1) is 10.2. The van der Waals surface area contributed by atoms with Crippen LogP contribution in [0.25, 0.3) is 0 Å². The molecule has 0 radical (unpaired) electrons. The summed E-state index contributed by atoms with van der Waals surface area (Å²) in [5, 5.41) is 3.54. The van der Waals surface area contributed by atoms with Crippen molar-refractivity contribution in [3.05, 3.63) is 29.8 Å². The lowest BCUT2D eigenvalue weighted by Gasteiger charge is -2.24. The first-order valence-electron chi connectivity index (χ1n) is 7.96. The smallest absolute Gasteiger partial charge is 0.241 e. The minimum Gasteiger partial charge on any atom is -0.497 e. The molecule has 2 unspecified atom stereocenters. The third-order valence-corrected chi connectivity index (χ3v) is 4.41. The van der Waals surface area contributed by atoms with E-state index in [0.717, 1.165) is 43.4 Å². The molecule has 1 saturated heterocycles. The van der Waals surface area contributed by atoms with E-state index >= 15 is 0 Å². The average Bonchev–Trinajstić information content (AvgIpc) is 3.30. The van der Waals surface area contributed by atoms with Gasteiger partial charge in [0.25, 0.3) is 0 Å². The van der Waals surface area contributed by atoms with Crippen LogP contribution in [0.5, 0.6) is 5.75 Å². The normalized spacial score (nSPS) is 25.4. The number of nitrogens with zero attached hydrogens (tertiary/aromatic N) is 1. The maximum atomic E-state index is 12.6. The number of carbonyl (C=O) groups excluding carboxylic acids is 1. The number of hydrogen-bond donors (Lipinski definition) is 1. The van der Waals surface area contributed by atoms with Crippen molar-refractivity contribution < 1.29 is 9.53 Å². The first-order valence-corrected chi connectivity index (χ1v) is 7.96.